The zero-order valence-corrected chi connectivity index (χ0v) is 27.3. The van der Waals surface area contributed by atoms with Crippen LogP contribution in [0.5, 0.6) is 0 Å². The Morgan fingerprint density at radius 1 is 1.14 bits per heavy atom. The maximum atomic E-state index is 13.8. The van der Waals surface area contributed by atoms with Gasteiger partial charge in [0.2, 0.25) is 5.91 Å². The Balaban J connectivity index is 1.56. The number of allylic oxidation sites excluding steroid dienone is 3. The molecule has 4 unspecified atom stereocenters. The maximum Gasteiger partial charge on any atom is 0.256 e. The van der Waals surface area contributed by atoms with Gasteiger partial charge >= 0.3 is 0 Å². The van der Waals surface area contributed by atoms with Crippen LogP contribution in [-0.2, 0) is 16.6 Å². The zero-order valence-electron chi connectivity index (χ0n) is 27.3. The quantitative estimate of drug-likeness (QED) is 0.284. The lowest BCUT2D eigenvalue weighted by Gasteiger charge is -2.45. The van der Waals surface area contributed by atoms with E-state index >= 15 is 0 Å². The fraction of sp³-hybridized carbons (Fsp3) is 0.529. The van der Waals surface area contributed by atoms with Crippen molar-refractivity contribution in [2.24, 2.45) is 7.05 Å². The first-order valence-electron chi connectivity index (χ1n) is 15.7. The van der Waals surface area contributed by atoms with E-state index in [1.165, 1.54) is 6.42 Å². The lowest BCUT2D eigenvalue weighted by molar-refractivity contribution is -0.908. The molecule has 0 aliphatic carbocycles. The molecule has 2 aromatic heterocycles. The van der Waals surface area contributed by atoms with Crippen LogP contribution in [0.2, 0.25) is 0 Å². The van der Waals surface area contributed by atoms with Crippen molar-refractivity contribution in [1.82, 2.24) is 19.7 Å². The predicted molar refractivity (Wildman–Crippen MR) is 174 cm³/mol. The number of amides is 2. The Kier molecular flexibility index (Phi) is 10.4. The first-order valence-corrected chi connectivity index (χ1v) is 15.7. The van der Waals surface area contributed by atoms with E-state index in [1.54, 1.807) is 6.20 Å². The number of nitrogens with zero attached hydrogens (tertiary/aromatic N) is 5. The summed E-state index contributed by atoms with van der Waals surface area (Å²) >= 11 is 0. The lowest BCUT2D eigenvalue weighted by atomic mass is 10.00. The van der Waals surface area contributed by atoms with E-state index in [4.69, 9.17) is 0 Å². The average Bonchev–Trinajstić information content (AvgIpc) is 3.36. The Morgan fingerprint density at radius 3 is 2.56 bits per heavy atom. The summed E-state index contributed by atoms with van der Waals surface area (Å²) in [6.07, 6.45) is 17.5. The molecule has 2 amide bonds. The van der Waals surface area contributed by atoms with E-state index in [0.29, 0.717) is 39.7 Å². The maximum absolute atomic E-state index is 13.8. The van der Waals surface area contributed by atoms with E-state index in [2.05, 4.69) is 78.6 Å². The van der Waals surface area contributed by atoms with Gasteiger partial charge in [0.15, 0.2) is 0 Å². The third-order valence-electron chi connectivity index (χ3n) is 9.51. The van der Waals surface area contributed by atoms with Crippen LogP contribution in [0.25, 0.3) is 5.57 Å². The van der Waals surface area contributed by atoms with Gasteiger partial charge in [-0.3, -0.25) is 28.6 Å². The molecule has 4 rings (SSSR count). The number of carbonyl (C=O) groups excluding carboxylic acids is 2. The number of aromatic nitrogens is 3. The van der Waals surface area contributed by atoms with Gasteiger partial charge < -0.3 is 10.6 Å². The average molecular weight is 589 g/mol. The molecule has 2 aliphatic heterocycles. The van der Waals surface area contributed by atoms with E-state index in [0.717, 1.165) is 49.1 Å². The standard InChI is InChI=1S/C34H49N7O2/c1-9-30-15-14-27(28-19-36-39(7)21-28)17-24(4)41(30,8)32(10-2)25(5)34(43)38-31-18-29(20-35-26(31)6)37-33(42)22-40-16-12-11-13-23(40)3/h14-15,17-21,23-24,30H,9-13,16,22H2,1-8H3,(H-,37,38,42,43)/p+1/b32-25+. The second-order valence-electron chi connectivity index (χ2n) is 12.3. The van der Waals surface area contributed by atoms with Crippen molar-refractivity contribution in [3.05, 3.63) is 65.4 Å². The van der Waals surface area contributed by atoms with Crippen LogP contribution in [0.15, 0.2) is 54.2 Å². The minimum atomic E-state index is -0.154. The van der Waals surface area contributed by atoms with Crippen molar-refractivity contribution in [1.29, 1.82) is 0 Å². The van der Waals surface area contributed by atoms with Crippen LogP contribution < -0.4 is 10.6 Å². The number of carbonyl (C=O) groups is 2. The molecular weight excluding hydrogens is 538 g/mol. The second kappa shape index (κ2) is 13.8. The van der Waals surface area contributed by atoms with E-state index in [9.17, 15) is 9.59 Å². The molecule has 4 heterocycles. The van der Waals surface area contributed by atoms with Crippen LogP contribution in [0.4, 0.5) is 11.4 Å². The molecule has 1 saturated heterocycles. The SMILES string of the molecule is CC/C(=C(/C)C(=O)Nc1cc(NC(=O)CN2CCCCC2C)cnc1C)[N+]1(C)C(C)C=C(c2cnn(C)c2)C=CC1CC. The molecule has 0 saturated carbocycles. The second-order valence-corrected chi connectivity index (χ2v) is 12.3. The molecule has 0 bridgehead atoms. The van der Waals surface area contributed by atoms with Gasteiger partial charge in [0, 0.05) is 37.7 Å². The number of likely N-dealkylation sites (tertiary alicyclic amines) is 1. The Morgan fingerprint density at radius 2 is 1.91 bits per heavy atom. The van der Waals surface area contributed by atoms with Crippen LogP contribution >= 0.6 is 0 Å². The molecule has 0 aromatic carbocycles. The van der Waals surface area contributed by atoms with Crippen molar-refractivity contribution in [2.75, 3.05) is 30.8 Å². The topological polar surface area (TPSA) is 92.2 Å². The normalized spacial score (nSPS) is 25.0. The Bertz CT molecular complexity index is 1420. The molecule has 232 valence electrons. The highest BCUT2D eigenvalue weighted by molar-refractivity contribution is 6.04. The number of quaternary nitrogens is 1. The van der Waals surface area contributed by atoms with Gasteiger partial charge in [-0.1, -0.05) is 26.3 Å². The summed E-state index contributed by atoms with van der Waals surface area (Å²) in [6.45, 7) is 13.8. The number of hydrogen-bond acceptors (Lipinski definition) is 5. The van der Waals surface area contributed by atoms with E-state index in [1.807, 2.05) is 44.0 Å². The molecule has 9 nitrogen and oxygen atoms in total. The third-order valence-corrected chi connectivity index (χ3v) is 9.51. The van der Waals surface area contributed by atoms with Gasteiger partial charge in [-0.15, -0.1) is 0 Å². The summed E-state index contributed by atoms with van der Waals surface area (Å²) in [4.78, 5) is 33.3. The Labute approximate surface area is 257 Å². The van der Waals surface area contributed by atoms with Crippen LogP contribution in [-0.4, -0.2) is 74.2 Å². The summed E-state index contributed by atoms with van der Waals surface area (Å²) in [5.74, 6) is -0.218. The van der Waals surface area contributed by atoms with Gasteiger partial charge in [0.1, 0.15) is 17.8 Å². The molecule has 0 spiro atoms. The molecule has 0 radical (unpaired) electrons. The number of pyridine rings is 1. The van der Waals surface area contributed by atoms with Gasteiger partial charge in [0.05, 0.1) is 48.6 Å². The summed E-state index contributed by atoms with van der Waals surface area (Å²) in [5.41, 5.74) is 5.91. The predicted octanol–water partition coefficient (Wildman–Crippen LogP) is 5.83. The largest absolute Gasteiger partial charge is 0.324 e. The van der Waals surface area contributed by atoms with Gasteiger partial charge in [0.25, 0.3) is 5.91 Å². The molecule has 1 fully saturated rings. The molecule has 2 aliphatic rings. The van der Waals surface area contributed by atoms with Gasteiger partial charge in [-0.05, 0) is 70.9 Å². The van der Waals surface area contributed by atoms with E-state index in [-0.39, 0.29) is 23.9 Å². The van der Waals surface area contributed by atoms with Crippen molar-refractivity contribution in [3.63, 3.8) is 0 Å². The summed E-state index contributed by atoms with van der Waals surface area (Å²) in [6, 6.07) is 2.53. The van der Waals surface area contributed by atoms with Crippen molar-refractivity contribution < 1.29 is 14.1 Å². The minimum absolute atomic E-state index is 0.0639. The molecule has 9 heteroatoms. The highest BCUT2D eigenvalue weighted by Gasteiger charge is 2.41. The fourth-order valence-electron chi connectivity index (χ4n) is 6.71. The number of likely N-dealkylation sites (N-methyl/N-ethyl adjacent to an activating group) is 1. The van der Waals surface area contributed by atoms with E-state index < -0.39 is 0 Å². The van der Waals surface area contributed by atoms with Crippen LogP contribution in [0, 0.1) is 6.92 Å². The minimum Gasteiger partial charge on any atom is -0.324 e. The number of hydrogen-bond donors (Lipinski definition) is 2. The highest BCUT2D eigenvalue weighted by Crippen LogP contribution is 2.36. The molecule has 4 atom stereocenters. The van der Waals surface area contributed by atoms with Gasteiger partial charge in [-0.2, -0.15) is 5.10 Å². The molecule has 2 N–H and O–H groups in total. The van der Waals surface area contributed by atoms with Crippen LogP contribution in [0.1, 0.15) is 78.0 Å². The number of aryl methyl sites for hydroxylation is 2. The lowest BCUT2D eigenvalue weighted by Crippen LogP contribution is -2.55. The summed E-state index contributed by atoms with van der Waals surface area (Å²) in [5, 5.41) is 10.5. The monoisotopic (exact) mass is 588 g/mol. The smallest absolute Gasteiger partial charge is 0.256 e. The number of rotatable bonds is 9. The zero-order chi connectivity index (χ0) is 31.3. The van der Waals surface area contributed by atoms with Gasteiger partial charge in [-0.25, -0.2) is 0 Å². The number of piperidine rings is 1. The molecule has 2 aromatic rings. The van der Waals surface area contributed by atoms with Crippen molar-refractivity contribution in [2.45, 2.75) is 91.8 Å². The molecular formula is C34H50N7O2+. The fourth-order valence-corrected chi connectivity index (χ4v) is 6.71. The first-order chi connectivity index (χ1) is 20.5. The number of nitrogens with one attached hydrogen (secondary N) is 2. The van der Waals surface area contributed by atoms with Crippen molar-refractivity contribution in [3.8, 4) is 0 Å². The first kappa shape index (κ1) is 32.4. The third kappa shape index (κ3) is 7.16. The van der Waals surface area contributed by atoms with Crippen molar-refractivity contribution >= 4 is 28.8 Å². The summed E-state index contributed by atoms with van der Waals surface area (Å²) < 4.78 is 2.44. The molecule has 43 heavy (non-hydrogen) atoms. The van der Waals surface area contributed by atoms with Crippen LogP contribution in [0.3, 0.4) is 0 Å². The Hall–Kier alpha value is -3.56. The number of anilines is 2. The highest BCUT2D eigenvalue weighted by atomic mass is 16.2. The summed E-state index contributed by atoms with van der Waals surface area (Å²) in [7, 11) is 4.17.